The molecule has 0 spiro atoms. The molecule has 1 amide bonds. The SMILES string of the molecule is O=C(O)CCN1C(=O)/C(=C\c2ccc(C(=O)O)cc2)SC1=S. The Morgan fingerprint density at radius 1 is 1.23 bits per heavy atom. The lowest BCUT2D eigenvalue weighted by atomic mass is 10.1. The zero-order valence-corrected chi connectivity index (χ0v) is 12.8. The molecule has 0 unspecified atom stereocenters. The first-order chi connectivity index (χ1) is 10.4. The van der Waals surface area contributed by atoms with Crippen LogP contribution in [0.1, 0.15) is 22.3 Å². The Balaban J connectivity index is 2.15. The van der Waals surface area contributed by atoms with Crippen LogP contribution >= 0.6 is 24.0 Å². The van der Waals surface area contributed by atoms with E-state index in [-0.39, 0.29) is 24.4 Å². The summed E-state index contributed by atoms with van der Waals surface area (Å²) in [6.45, 7) is 0.0370. The van der Waals surface area contributed by atoms with Gasteiger partial charge in [0.25, 0.3) is 5.91 Å². The molecular formula is C14H11NO5S2. The van der Waals surface area contributed by atoms with Gasteiger partial charge in [-0.15, -0.1) is 0 Å². The fourth-order valence-corrected chi connectivity index (χ4v) is 3.08. The molecule has 0 atom stereocenters. The maximum atomic E-state index is 12.2. The third kappa shape index (κ3) is 3.71. The zero-order valence-electron chi connectivity index (χ0n) is 11.2. The summed E-state index contributed by atoms with van der Waals surface area (Å²) in [6, 6.07) is 6.07. The summed E-state index contributed by atoms with van der Waals surface area (Å²) in [4.78, 5) is 35.2. The van der Waals surface area contributed by atoms with Crippen LogP contribution in [0, 0.1) is 0 Å². The first-order valence-corrected chi connectivity index (χ1v) is 7.41. The topological polar surface area (TPSA) is 94.9 Å². The Kier molecular flexibility index (Phi) is 4.94. The van der Waals surface area contributed by atoms with Crippen LogP contribution in [0.5, 0.6) is 0 Å². The Morgan fingerprint density at radius 3 is 2.41 bits per heavy atom. The number of aliphatic carboxylic acids is 1. The number of carboxylic acid groups (broad SMARTS) is 2. The number of carboxylic acids is 2. The van der Waals surface area contributed by atoms with Gasteiger partial charge in [-0.2, -0.15) is 0 Å². The Morgan fingerprint density at radius 2 is 1.86 bits per heavy atom. The number of aromatic carboxylic acids is 1. The molecule has 0 aromatic heterocycles. The number of thioether (sulfide) groups is 1. The third-order valence-electron chi connectivity index (χ3n) is 2.88. The van der Waals surface area contributed by atoms with Crippen molar-refractivity contribution in [2.75, 3.05) is 6.54 Å². The first kappa shape index (κ1) is 16.2. The summed E-state index contributed by atoms with van der Waals surface area (Å²) in [5, 5.41) is 17.5. The second-order valence-corrected chi connectivity index (χ2v) is 6.08. The average molecular weight is 337 g/mol. The molecule has 8 heteroatoms. The molecule has 1 aliphatic rings. The summed E-state index contributed by atoms with van der Waals surface area (Å²) in [6.07, 6.45) is 1.43. The Bertz CT molecular complexity index is 681. The molecule has 1 aromatic carbocycles. The van der Waals surface area contributed by atoms with Crippen molar-refractivity contribution < 1.29 is 24.6 Å². The van der Waals surface area contributed by atoms with Gasteiger partial charge in [0.05, 0.1) is 16.9 Å². The fraction of sp³-hybridized carbons (Fsp3) is 0.143. The maximum Gasteiger partial charge on any atom is 0.335 e. The highest BCUT2D eigenvalue weighted by Gasteiger charge is 2.31. The highest BCUT2D eigenvalue weighted by atomic mass is 32.2. The lowest BCUT2D eigenvalue weighted by molar-refractivity contribution is -0.137. The van der Waals surface area contributed by atoms with Crippen LogP contribution < -0.4 is 0 Å². The average Bonchev–Trinajstić information content (AvgIpc) is 2.72. The Labute approximate surface area is 135 Å². The number of rotatable bonds is 5. The monoisotopic (exact) mass is 337 g/mol. The molecule has 2 rings (SSSR count). The summed E-state index contributed by atoms with van der Waals surface area (Å²) in [5.41, 5.74) is 0.829. The number of hydrogen-bond donors (Lipinski definition) is 2. The summed E-state index contributed by atoms with van der Waals surface area (Å²) >= 11 is 6.17. The van der Waals surface area contributed by atoms with Crippen molar-refractivity contribution in [1.29, 1.82) is 0 Å². The van der Waals surface area contributed by atoms with Crippen LogP contribution in [0.2, 0.25) is 0 Å². The van der Waals surface area contributed by atoms with E-state index in [2.05, 4.69) is 0 Å². The smallest absolute Gasteiger partial charge is 0.335 e. The first-order valence-electron chi connectivity index (χ1n) is 6.19. The molecule has 2 N–H and O–H groups in total. The van der Waals surface area contributed by atoms with Gasteiger partial charge in [0.1, 0.15) is 4.32 Å². The number of amides is 1. The molecule has 1 saturated heterocycles. The van der Waals surface area contributed by atoms with Gasteiger partial charge in [-0.05, 0) is 23.8 Å². The van der Waals surface area contributed by atoms with Gasteiger partial charge in [0.15, 0.2) is 0 Å². The molecular weight excluding hydrogens is 326 g/mol. The standard InChI is InChI=1S/C14H11NO5S2/c16-11(17)5-6-15-12(18)10(22-14(15)21)7-8-1-3-9(4-2-8)13(19)20/h1-4,7H,5-6H2,(H,16,17)(H,19,20)/b10-7+. The van der Waals surface area contributed by atoms with E-state index in [0.717, 1.165) is 11.8 Å². The van der Waals surface area contributed by atoms with E-state index in [4.69, 9.17) is 22.4 Å². The third-order valence-corrected chi connectivity index (χ3v) is 4.26. The van der Waals surface area contributed by atoms with E-state index in [1.165, 1.54) is 17.0 Å². The van der Waals surface area contributed by atoms with Crippen molar-refractivity contribution in [3.05, 3.63) is 40.3 Å². The second kappa shape index (κ2) is 6.71. The quantitative estimate of drug-likeness (QED) is 0.627. The fourth-order valence-electron chi connectivity index (χ4n) is 1.77. The highest BCUT2D eigenvalue weighted by molar-refractivity contribution is 8.26. The van der Waals surface area contributed by atoms with E-state index in [0.29, 0.717) is 14.8 Å². The second-order valence-electron chi connectivity index (χ2n) is 4.40. The lowest BCUT2D eigenvalue weighted by Gasteiger charge is -2.12. The summed E-state index contributed by atoms with van der Waals surface area (Å²) in [5.74, 6) is -2.35. The largest absolute Gasteiger partial charge is 0.481 e. The number of carbonyl (C=O) groups is 3. The van der Waals surface area contributed by atoms with Gasteiger partial charge in [0.2, 0.25) is 0 Å². The van der Waals surface area contributed by atoms with Crippen molar-refractivity contribution in [1.82, 2.24) is 4.90 Å². The molecule has 22 heavy (non-hydrogen) atoms. The summed E-state index contributed by atoms with van der Waals surface area (Å²) in [7, 11) is 0. The van der Waals surface area contributed by atoms with Crippen molar-refractivity contribution in [2.45, 2.75) is 6.42 Å². The summed E-state index contributed by atoms with van der Waals surface area (Å²) < 4.78 is 0.319. The van der Waals surface area contributed by atoms with Crippen molar-refractivity contribution in [3.63, 3.8) is 0 Å². The van der Waals surface area contributed by atoms with Crippen molar-refractivity contribution in [2.24, 2.45) is 0 Å². The molecule has 1 aliphatic heterocycles. The van der Waals surface area contributed by atoms with E-state index in [9.17, 15) is 14.4 Å². The van der Waals surface area contributed by atoms with Crippen LogP contribution in [-0.4, -0.2) is 43.8 Å². The number of benzene rings is 1. The number of nitrogens with zero attached hydrogens (tertiary/aromatic N) is 1. The van der Waals surface area contributed by atoms with E-state index >= 15 is 0 Å². The van der Waals surface area contributed by atoms with Gasteiger partial charge in [-0.25, -0.2) is 4.79 Å². The van der Waals surface area contributed by atoms with Gasteiger partial charge in [0, 0.05) is 6.54 Å². The van der Waals surface area contributed by atoms with Crippen LogP contribution in [0.25, 0.3) is 6.08 Å². The number of hydrogen-bond acceptors (Lipinski definition) is 5. The van der Waals surface area contributed by atoms with Crippen molar-refractivity contribution in [3.8, 4) is 0 Å². The minimum atomic E-state index is -1.02. The molecule has 114 valence electrons. The molecule has 0 bridgehead atoms. The van der Waals surface area contributed by atoms with E-state index in [1.807, 2.05) is 0 Å². The van der Waals surface area contributed by atoms with E-state index in [1.54, 1.807) is 18.2 Å². The minimum Gasteiger partial charge on any atom is -0.481 e. The number of carbonyl (C=O) groups excluding carboxylic acids is 1. The van der Waals surface area contributed by atoms with E-state index < -0.39 is 11.9 Å². The minimum absolute atomic E-state index is 0.0370. The molecule has 6 nitrogen and oxygen atoms in total. The van der Waals surface area contributed by atoms with Crippen molar-refractivity contribution >= 4 is 52.2 Å². The van der Waals surface area contributed by atoms with Gasteiger partial charge >= 0.3 is 11.9 Å². The molecule has 1 fully saturated rings. The Hall–Kier alpha value is -2.19. The predicted molar refractivity (Wildman–Crippen MR) is 85.5 cm³/mol. The van der Waals surface area contributed by atoms with Crippen LogP contribution in [0.4, 0.5) is 0 Å². The van der Waals surface area contributed by atoms with Crippen LogP contribution in [0.3, 0.4) is 0 Å². The predicted octanol–water partition coefficient (Wildman–Crippen LogP) is 2.06. The normalized spacial score (nSPS) is 16.4. The molecule has 1 heterocycles. The highest BCUT2D eigenvalue weighted by Crippen LogP contribution is 2.32. The van der Waals surface area contributed by atoms with Crippen LogP contribution in [0.15, 0.2) is 29.2 Å². The molecule has 1 aromatic rings. The number of thiocarbonyl (C=S) groups is 1. The molecule has 0 aliphatic carbocycles. The molecule has 0 radical (unpaired) electrons. The zero-order chi connectivity index (χ0) is 16.3. The van der Waals surface area contributed by atoms with Gasteiger partial charge in [-0.3, -0.25) is 14.5 Å². The van der Waals surface area contributed by atoms with Crippen LogP contribution in [-0.2, 0) is 9.59 Å². The van der Waals surface area contributed by atoms with Gasteiger partial charge < -0.3 is 10.2 Å². The lowest BCUT2D eigenvalue weighted by Crippen LogP contribution is -2.30. The molecule has 0 saturated carbocycles. The van der Waals surface area contributed by atoms with Gasteiger partial charge in [-0.1, -0.05) is 36.1 Å². The maximum absolute atomic E-state index is 12.2.